The van der Waals surface area contributed by atoms with Gasteiger partial charge in [-0.1, -0.05) is 23.2 Å². The van der Waals surface area contributed by atoms with Crippen LogP contribution in [0.5, 0.6) is 5.75 Å². The van der Waals surface area contributed by atoms with E-state index >= 15 is 0 Å². The molecule has 2 aromatic rings. The van der Waals surface area contributed by atoms with E-state index in [1.807, 2.05) is 6.07 Å². The summed E-state index contributed by atoms with van der Waals surface area (Å²) >= 11 is 12.1. The molecule has 0 aliphatic carbocycles. The SMILES string of the molecule is Fc1ccc(O[C@H](c2cncc(Cl)c2)[C@@H]2CCNC2)c(Cl)c1. The van der Waals surface area contributed by atoms with Crippen LogP contribution in [0.25, 0.3) is 0 Å². The first-order valence-electron chi connectivity index (χ1n) is 7.06. The molecule has 1 aliphatic rings. The van der Waals surface area contributed by atoms with Gasteiger partial charge >= 0.3 is 0 Å². The molecule has 22 heavy (non-hydrogen) atoms. The van der Waals surface area contributed by atoms with Gasteiger partial charge < -0.3 is 10.1 Å². The predicted molar refractivity (Wildman–Crippen MR) is 85.0 cm³/mol. The number of ether oxygens (including phenoxy) is 1. The van der Waals surface area contributed by atoms with Gasteiger partial charge in [-0.05, 0) is 37.2 Å². The third kappa shape index (κ3) is 3.51. The third-order valence-electron chi connectivity index (χ3n) is 3.73. The molecule has 1 aromatic carbocycles. The molecule has 1 fully saturated rings. The predicted octanol–water partition coefficient (Wildman–Crippen LogP) is 4.26. The fourth-order valence-corrected chi connectivity index (χ4v) is 3.06. The van der Waals surface area contributed by atoms with E-state index in [-0.39, 0.29) is 22.9 Å². The average Bonchev–Trinajstić information content (AvgIpc) is 3.00. The second-order valence-corrected chi connectivity index (χ2v) is 6.15. The van der Waals surface area contributed by atoms with Crippen molar-refractivity contribution in [1.29, 1.82) is 0 Å². The number of nitrogens with one attached hydrogen (secondary N) is 1. The first-order chi connectivity index (χ1) is 10.6. The molecular weight excluding hydrogens is 326 g/mol. The third-order valence-corrected chi connectivity index (χ3v) is 4.23. The maximum absolute atomic E-state index is 13.2. The molecule has 0 spiro atoms. The Labute approximate surface area is 138 Å². The van der Waals surface area contributed by atoms with Gasteiger partial charge in [-0.25, -0.2) is 4.39 Å². The summed E-state index contributed by atoms with van der Waals surface area (Å²) in [6.07, 6.45) is 4.08. The zero-order valence-electron chi connectivity index (χ0n) is 11.7. The molecule has 6 heteroatoms. The first-order valence-corrected chi connectivity index (χ1v) is 7.82. The Morgan fingerprint density at radius 1 is 1.27 bits per heavy atom. The van der Waals surface area contributed by atoms with Gasteiger partial charge in [0.2, 0.25) is 0 Å². The van der Waals surface area contributed by atoms with E-state index in [0.717, 1.165) is 25.1 Å². The fraction of sp³-hybridized carbons (Fsp3) is 0.312. The molecule has 116 valence electrons. The van der Waals surface area contributed by atoms with Crippen LogP contribution in [0.15, 0.2) is 36.7 Å². The average molecular weight is 341 g/mol. The highest BCUT2D eigenvalue weighted by Crippen LogP contribution is 2.35. The molecule has 1 aromatic heterocycles. The lowest BCUT2D eigenvalue weighted by molar-refractivity contribution is 0.144. The minimum absolute atomic E-state index is 0.232. The summed E-state index contributed by atoms with van der Waals surface area (Å²) in [7, 11) is 0. The summed E-state index contributed by atoms with van der Waals surface area (Å²) in [5.74, 6) is 0.349. The molecule has 1 saturated heterocycles. The van der Waals surface area contributed by atoms with E-state index in [0.29, 0.717) is 10.8 Å². The maximum atomic E-state index is 13.2. The van der Waals surface area contributed by atoms with Crippen LogP contribution in [0.4, 0.5) is 4.39 Å². The highest BCUT2D eigenvalue weighted by Gasteiger charge is 2.29. The molecule has 0 saturated carbocycles. The number of hydrogen-bond donors (Lipinski definition) is 1. The Balaban J connectivity index is 1.91. The Morgan fingerprint density at radius 3 is 2.82 bits per heavy atom. The number of aromatic nitrogens is 1. The second-order valence-electron chi connectivity index (χ2n) is 5.30. The van der Waals surface area contributed by atoms with Gasteiger partial charge in [0, 0.05) is 30.4 Å². The topological polar surface area (TPSA) is 34.1 Å². The molecule has 2 heterocycles. The van der Waals surface area contributed by atoms with E-state index in [9.17, 15) is 4.39 Å². The van der Waals surface area contributed by atoms with Crippen LogP contribution in [-0.2, 0) is 0 Å². The van der Waals surface area contributed by atoms with Crippen molar-refractivity contribution in [2.75, 3.05) is 13.1 Å². The lowest BCUT2D eigenvalue weighted by Crippen LogP contribution is -2.21. The fourth-order valence-electron chi connectivity index (χ4n) is 2.66. The smallest absolute Gasteiger partial charge is 0.139 e. The zero-order chi connectivity index (χ0) is 15.5. The van der Waals surface area contributed by atoms with Crippen LogP contribution in [0, 0.1) is 11.7 Å². The highest BCUT2D eigenvalue weighted by atomic mass is 35.5. The zero-order valence-corrected chi connectivity index (χ0v) is 13.2. The number of rotatable bonds is 4. The summed E-state index contributed by atoms with van der Waals surface area (Å²) in [4.78, 5) is 4.13. The van der Waals surface area contributed by atoms with Crippen molar-refractivity contribution in [3.05, 3.63) is 58.1 Å². The molecular formula is C16H15Cl2FN2O. The summed E-state index contributed by atoms with van der Waals surface area (Å²) < 4.78 is 19.3. The second kappa shape index (κ2) is 6.82. The van der Waals surface area contributed by atoms with Crippen molar-refractivity contribution < 1.29 is 9.13 Å². The summed E-state index contributed by atoms with van der Waals surface area (Å²) in [6, 6.07) is 5.97. The minimum atomic E-state index is -0.388. The Bertz CT molecular complexity index is 662. The quantitative estimate of drug-likeness (QED) is 0.902. The van der Waals surface area contributed by atoms with Crippen molar-refractivity contribution in [3.8, 4) is 5.75 Å². The molecule has 3 rings (SSSR count). The molecule has 3 nitrogen and oxygen atoms in total. The minimum Gasteiger partial charge on any atom is -0.484 e. The Hall–Kier alpha value is -1.36. The number of benzene rings is 1. The van der Waals surface area contributed by atoms with Gasteiger partial charge in [0.25, 0.3) is 0 Å². The van der Waals surface area contributed by atoms with Gasteiger partial charge in [-0.15, -0.1) is 0 Å². The van der Waals surface area contributed by atoms with Crippen molar-refractivity contribution in [2.24, 2.45) is 5.92 Å². The molecule has 0 amide bonds. The number of nitrogens with zero attached hydrogens (tertiary/aromatic N) is 1. The van der Waals surface area contributed by atoms with Crippen molar-refractivity contribution in [2.45, 2.75) is 12.5 Å². The lowest BCUT2D eigenvalue weighted by atomic mass is 9.96. The lowest BCUT2D eigenvalue weighted by Gasteiger charge is -2.25. The summed E-state index contributed by atoms with van der Waals surface area (Å²) in [5, 5.41) is 4.13. The van der Waals surface area contributed by atoms with Crippen molar-refractivity contribution in [1.82, 2.24) is 10.3 Å². The van der Waals surface area contributed by atoms with E-state index < -0.39 is 0 Å². The van der Waals surface area contributed by atoms with E-state index in [4.69, 9.17) is 27.9 Å². The van der Waals surface area contributed by atoms with Crippen molar-refractivity contribution in [3.63, 3.8) is 0 Å². The van der Waals surface area contributed by atoms with E-state index in [1.54, 1.807) is 18.5 Å². The van der Waals surface area contributed by atoms with Crippen molar-refractivity contribution >= 4 is 23.2 Å². The van der Waals surface area contributed by atoms with Gasteiger partial charge in [0.1, 0.15) is 17.7 Å². The number of halogens is 3. The largest absolute Gasteiger partial charge is 0.484 e. The van der Waals surface area contributed by atoms with Gasteiger partial charge in [0.05, 0.1) is 10.0 Å². The normalized spacial score (nSPS) is 19.1. The van der Waals surface area contributed by atoms with Crippen LogP contribution < -0.4 is 10.1 Å². The van der Waals surface area contributed by atoms with Crippen LogP contribution >= 0.6 is 23.2 Å². The first kappa shape index (κ1) is 15.5. The van der Waals surface area contributed by atoms with Gasteiger partial charge in [-0.3, -0.25) is 4.98 Å². The molecule has 0 radical (unpaired) electrons. The highest BCUT2D eigenvalue weighted by molar-refractivity contribution is 6.32. The standard InChI is InChI=1S/C16H15Cl2FN2O/c17-12-5-11(8-21-9-12)16(10-3-4-20-7-10)22-15-2-1-13(19)6-14(15)18/h1-2,5-6,8-10,16,20H,3-4,7H2/t10-,16+/m1/s1. The monoisotopic (exact) mass is 340 g/mol. The van der Waals surface area contributed by atoms with Crippen LogP contribution in [-0.4, -0.2) is 18.1 Å². The van der Waals surface area contributed by atoms with Crippen LogP contribution in [0.3, 0.4) is 0 Å². The molecule has 0 unspecified atom stereocenters. The molecule has 0 bridgehead atoms. The molecule has 1 aliphatic heterocycles. The maximum Gasteiger partial charge on any atom is 0.139 e. The van der Waals surface area contributed by atoms with Gasteiger partial charge in [0.15, 0.2) is 0 Å². The summed E-state index contributed by atoms with van der Waals surface area (Å²) in [6.45, 7) is 1.78. The Kier molecular flexibility index (Phi) is 4.81. The number of hydrogen-bond acceptors (Lipinski definition) is 3. The molecule has 2 atom stereocenters. The number of pyridine rings is 1. The molecule has 1 N–H and O–H groups in total. The Morgan fingerprint density at radius 2 is 2.14 bits per heavy atom. The van der Waals surface area contributed by atoms with Crippen LogP contribution in [0.2, 0.25) is 10.0 Å². The van der Waals surface area contributed by atoms with E-state index in [2.05, 4.69) is 10.3 Å². The van der Waals surface area contributed by atoms with Crippen LogP contribution in [0.1, 0.15) is 18.1 Å². The summed E-state index contributed by atoms with van der Waals surface area (Å²) in [5.41, 5.74) is 0.890. The van der Waals surface area contributed by atoms with E-state index in [1.165, 1.54) is 12.1 Å². The van der Waals surface area contributed by atoms with Gasteiger partial charge in [-0.2, -0.15) is 0 Å².